The third-order valence-corrected chi connectivity index (χ3v) is 4.25. The summed E-state index contributed by atoms with van der Waals surface area (Å²) in [6.07, 6.45) is 1.19. The largest absolute Gasteiger partial charge is 0.299 e. The summed E-state index contributed by atoms with van der Waals surface area (Å²) in [5.74, 6) is -0.343. The van der Waals surface area contributed by atoms with Gasteiger partial charge >= 0.3 is 0 Å². The molecule has 3 heteroatoms. The number of fused-ring (bicyclic) bond motifs is 2. The number of alkyl halides is 1. The van der Waals surface area contributed by atoms with Crippen molar-refractivity contribution in [2.45, 2.75) is 43.7 Å². The second kappa shape index (κ2) is 3.62. The van der Waals surface area contributed by atoms with Crippen LogP contribution in [0.4, 0.5) is 8.78 Å². The summed E-state index contributed by atoms with van der Waals surface area (Å²) >= 11 is 0. The maximum Gasteiger partial charge on any atom is 0.146 e. The van der Waals surface area contributed by atoms with E-state index in [1.54, 1.807) is 12.1 Å². The Hall–Kier alpha value is -1.25. The Kier molecular flexibility index (Phi) is 2.32. The minimum absolute atomic E-state index is 0.0449. The molecule has 1 aromatic rings. The number of halogens is 2. The van der Waals surface area contributed by atoms with E-state index in [1.807, 2.05) is 0 Å². The van der Waals surface area contributed by atoms with Crippen LogP contribution in [0.5, 0.6) is 0 Å². The van der Waals surface area contributed by atoms with Crippen molar-refractivity contribution in [3.8, 4) is 0 Å². The van der Waals surface area contributed by atoms with E-state index in [-0.39, 0.29) is 18.0 Å². The van der Waals surface area contributed by atoms with E-state index in [0.717, 1.165) is 6.42 Å². The first-order chi connectivity index (χ1) is 8.16. The van der Waals surface area contributed by atoms with Gasteiger partial charge in [-0.2, -0.15) is 0 Å². The van der Waals surface area contributed by atoms with Crippen molar-refractivity contribution in [3.05, 3.63) is 35.1 Å². The summed E-state index contributed by atoms with van der Waals surface area (Å²) in [5, 5.41) is 0. The molecule has 1 spiro atoms. The molecule has 0 bridgehead atoms. The van der Waals surface area contributed by atoms with Crippen LogP contribution < -0.4 is 0 Å². The van der Waals surface area contributed by atoms with E-state index < -0.39 is 11.6 Å². The molecule has 0 N–H and O–H groups in total. The van der Waals surface area contributed by atoms with Crippen molar-refractivity contribution in [2.75, 3.05) is 0 Å². The lowest BCUT2D eigenvalue weighted by molar-refractivity contribution is -0.124. The zero-order chi connectivity index (χ0) is 12.0. The van der Waals surface area contributed by atoms with E-state index in [4.69, 9.17) is 0 Å². The molecule has 2 atom stereocenters. The van der Waals surface area contributed by atoms with Gasteiger partial charge in [-0.15, -0.1) is 0 Å². The first-order valence-corrected chi connectivity index (χ1v) is 6.11. The van der Waals surface area contributed by atoms with Crippen molar-refractivity contribution < 1.29 is 13.6 Å². The van der Waals surface area contributed by atoms with Gasteiger partial charge in [-0.1, -0.05) is 12.1 Å². The van der Waals surface area contributed by atoms with Crippen molar-refractivity contribution in [2.24, 2.45) is 0 Å². The van der Waals surface area contributed by atoms with Gasteiger partial charge < -0.3 is 0 Å². The highest BCUT2D eigenvalue weighted by molar-refractivity contribution is 5.93. The van der Waals surface area contributed by atoms with Gasteiger partial charge in [0.25, 0.3) is 0 Å². The van der Waals surface area contributed by atoms with Crippen molar-refractivity contribution in [3.63, 3.8) is 0 Å². The molecule has 1 aromatic carbocycles. The number of carbonyl (C=O) groups excluding carboxylic acids is 1. The third-order valence-electron chi connectivity index (χ3n) is 4.25. The predicted octanol–water partition coefficient (Wildman–Crippen LogP) is 3.10. The molecule has 2 aliphatic rings. The Bertz CT molecular complexity index is 483. The lowest BCUT2D eigenvalue weighted by atomic mass is 9.67. The molecule has 0 unspecified atom stereocenters. The van der Waals surface area contributed by atoms with Gasteiger partial charge in [-0.05, 0) is 42.9 Å². The third kappa shape index (κ3) is 1.31. The fraction of sp³-hybridized carbons (Fsp3) is 0.500. The zero-order valence-electron chi connectivity index (χ0n) is 9.51. The van der Waals surface area contributed by atoms with E-state index in [9.17, 15) is 13.6 Å². The number of carbonyl (C=O) groups is 1. The smallest absolute Gasteiger partial charge is 0.146 e. The minimum Gasteiger partial charge on any atom is -0.299 e. The Morgan fingerprint density at radius 3 is 2.82 bits per heavy atom. The Labute approximate surface area is 98.8 Å². The Morgan fingerprint density at radius 1 is 1.29 bits per heavy atom. The fourth-order valence-corrected chi connectivity index (χ4v) is 3.42. The highest BCUT2D eigenvalue weighted by atomic mass is 19.1. The Balaban J connectivity index is 2.23. The first kappa shape index (κ1) is 10.9. The van der Waals surface area contributed by atoms with E-state index in [2.05, 4.69) is 0 Å². The molecule has 3 rings (SSSR count). The molecule has 90 valence electrons. The summed E-state index contributed by atoms with van der Waals surface area (Å²) in [7, 11) is 0. The SMILES string of the molecule is O=C1CCC[C@@]12c1cccc(F)c1CC[C@H]2F. The van der Waals surface area contributed by atoms with Crippen LogP contribution in [-0.2, 0) is 16.6 Å². The lowest BCUT2D eigenvalue weighted by Crippen LogP contribution is -2.44. The summed E-state index contributed by atoms with van der Waals surface area (Å²) in [6.45, 7) is 0. The standard InChI is InChI=1S/C14H14F2O/c15-11-4-1-3-10-9(11)6-7-12(16)14(10)8-2-5-13(14)17/h1,3-4,12H,2,5-8H2/t12-,14+/m1/s1. The number of ketones is 1. The fourth-order valence-electron chi connectivity index (χ4n) is 3.42. The number of hydrogen-bond acceptors (Lipinski definition) is 1. The summed E-state index contributed by atoms with van der Waals surface area (Å²) in [5.41, 5.74) is 0.130. The van der Waals surface area contributed by atoms with Crippen LogP contribution in [0.15, 0.2) is 18.2 Å². The summed E-state index contributed by atoms with van der Waals surface area (Å²) in [4.78, 5) is 12.1. The van der Waals surface area contributed by atoms with Gasteiger partial charge in [0.05, 0.1) is 5.41 Å². The quantitative estimate of drug-likeness (QED) is 0.676. The Morgan fingerprint density at radius 2 is 2.12 bits per heavy atom. The molecule has 1 nitrogen and oxygen atoms in total. The van der Waals surface area contributed by atoms with Crippen LogP contribution in [-0.4, -0.2) is 12.0 Å². The number of rotatable bonds is 0. The van der Waals surface area contributed by atoms with Gasteiger partial charge in [0.15, 0.2) is 0 Å². The molecule has 1 saturated carbocycles. The molecule has 0 radical (unpaired) electrons. The van der Waals surface area contributed by atoms with Crippen LogP contribution >= 0.6 is 0 Å². The van der Waals surface area contributed by atoms with Crippen LogP contribution in [0.3, 0.4) is 0 Å². The maximum absolute atomic E-state index is 14.3. The molecule has 0 amide bonds. The molecular formula is C14H14F2O. The summed E-state index contributed by atoms with van der Waals surface area (Å²) < 4.78 is 28.0. The van der Waals surface area contributed by atoms with Crippen LogP contribution in [0.2, 0.25) is 0 Å². The normalized spacial score (nSPS) is 31.9. The molecule has 2 aliphatic carbocycles. The topological polar surface area (TPSA) is 17.1 Å². The lowest BCUT2D eigenvalue weighted by Gasteiger charge is -2.37. The van der Waals surface area contributed by atoms with Gasteiger partial charge in [0.1, 0.15) is 17.8 Å². The summed E-state index contributed by atoms with van der Waals surface area (Å²) in [6, 6.07) is 4.71. The van der Waals surface area contributed by atoms with Crippen LogP contribution in [0, 0.1) is 5.82 Å². The number of Topliss-reactive ketones (excluding diaryl/α,β-unsaturated/α-hetero) is 1. The molecule has 0 heterocycles. The second-order valence-electron chi connectivity index (χ2n) is 5.02. The van der Waals surface area contributed by atoms with Crippen LogP contribution in [0.25, 0.3) is 0 Å². The van der Waals surface area contributed by atoms with Gasteiger partial charge in [-0.3, -0.25) is 4.79 Å². The molecule has 17 heavy (non-hydrogen) atoms. The van der Waals surface area contributed by atoms with Gasteiger partial charge in [-0.25, -0.2) is 8.78 Å². The van der Waals surface area contributed by atoms with E-state index in [1.165, 1.54) is 6.07 Å². The number of benzene rings is 1. The molecule has 0 aromatic heterocycles. The van der Waals surface area contributed by atoms with Gasteiger partial charge in [0, 0.05) is 6.42 Å². The second-order valence-corrected chi connectivity index (χ2v) is 5.02. The van der Waals surface area contributed by atoms with Crippen molar-refractivity contribution in [1.29, 1.82) is 0 Å². The average Bonchev–Trinajstić information content (AvgIpc) is 2.68. The molecule has 0 saturated heterocycles. The van der Waals surface area contributed by atoms with Crippen LogP contribution in [0.1, 0.15) is 36.8 Å². The monoisotopic (exact) mass is 236 g/mol. The predicted molar refractivity (Wildman–Crippen MR) is 60.2 cm³/mol. The number of hydrogen-bond donors (Lipinski definition) is 0. The van der Waals surface area contributed by atoms with Crippen molar-refractivity contribution >= 4 is 5.78 Å². The minimum atomic E-state index is -1.15. The maximum atomic E-state index is 14.3. The first-order valence-electron chi connectivity index (χ1n) is 6.11. The molecule has 1 fully saturated rings. The molecular weight excluding hydrogens is 222 g/mol. The van der Waals surface area contributed by atoms with E-state index in [0.29, 0.717) is 30.4 Å². The highest BCUT2D eigenvalue weighted by Gasteiger charge is 2.53. The highest BCUT2D eigenvalue weighted by Crippen LogP contribution is 2.48. The zero-order valence-corrected chi connectivity index (χ0v) is 9.51. The average molecular weight is 236 g/mol. The van der Waals surface area contributed by atoms with Crippen molar-refractivity contribution in [1.82, 2.24) is 0 Å². The van der Waals surface area contributed by atoms with E-state index >= 15 is 0 Å². The van der Waals surface area contributed by atoms with Gasteiger partial charge in [0.2, 0.25) is 0 Å². The molecule has 0 aliphatic heterocycles.